The summed E-state index contributed by atoms with van der Waals surface area (Å²) in [6, 6.07) is 6.79. The minimum absolute atomic E-state index is 0. The second-order valence-electron chi connectivity index (χ2n) is 5.52. The number of fused-ring (bicyclic) bond motifs is 1. The third kappa shape index (κ3) is 4.66. The van der Waals surface area contributed by atoms with Gasteiger partial charge < -0.3 is 10.5 Å². The lowest BCUT2D eigenvalue weighted by molar-refractivity contribution is 0.140. The molecular formula is C15H26Cl2N4O. The fourth-order valence-corrected chi connectivity index (χ4v) is 2.46. The molecule has 0 radical (unpaired) electrons. The number of pyridine rings is 1. The zero-order valence-electron chi connectivity index (χ0n) is 13.5. The van der Waals surface area contributed by atoms with Crippen LogP contribution in [0.2, 0.25) is 0 Å². The zero-order chi connectivity index (χ0) is 14.7. The van der Waals surface area contributed by atoms with Gasteiger partial charge in [-0.15, -0.1) is 29.9 Å². The number of ether oxygens (including phenoxy) is 1. The molecule has 22 heavy (non-hydrogen) atoms. The quantitative estimate of drug-likeness (QED) is 0.870. The molecule has 2 aromatic rings. The molecule has 2 aromatic heterocycles. The highest BCUT2D eigenvalue weighted by molar-refractivity contribution is 5.85. The van der Waals surface area contributed by atoms with E-state index in [0.717, 1.165) is 12.1 Å². The molecular weight excluding hydrogens is 323 g/mol. The van der Waals surface area contributed by atoms with Gasteiger partial charge in [-0.2, -0.15) is 0 Å². The van der Waals surface area contributed by atoms with Crippen molar-refractivity contribution in [3.8, 4) is 5.88 Å². The second-order valence-corrected chi connectivity index (χ2v) is 5.52. The highest BCUT2D eigenvalue weighted by atomic mass is 35.5. The van der Waals surface area contributed by atoms with Gasteiger partial charge >= 0.3 is 0 Å². The van der Waals surface area contributed by atoms with Crippen molar-refractivity contribution >= 4 is 36.0 Å². The van der Waals surface area contributed by atoms with E-state index in [1.165, 1.54) is 0 Å². The van der Waals surface area contributed by atoms with Gasteiger partial charge in [-0.05, 0) is 39.8 Å². The lowest BCUT2D eigenvalue weighted by Crippen LogP contribution is -2.39. The minimum atomic E-state index is 0. The molecule has 126 valence electrons. The molecule has 0 aliphatic rings. The molecule has 2 heterocycles. The van der Waals surface area contributed by atoms with Crippen molar-refractivity contribution in [3.05, 3.63) is 24.4 Å². The molecule has 0 saturated heterocycles. The predicted octanol–water partition coefficient (Wildman–Crippen LogP) is 3.26. The van der Waals surface area contributed by atoms with Crippen molar-refractivity contribution in [2.75, 3.05) is 18.9 Å². The molecule has 5 nitrogen and oxygen atoms in total. The van der Waals surface area contributed by atoms with Crippen molar-refractivity contribution in [2.45, 2.75) is 39.8 Å². The number of nitrogens with zero attached hydrogens (tertiary/aromatic N) is 3. The highest BCUT2D eigenvalue weighted by Gasteiger charge is 2.14. The largest absolute Gasteiger partial charge is 0.474 e. The topological polar surface area (TPSA) is 55.8 Å². The van der Waals surface area contributed by atoms with Crippen molar-refractivity contribution in [2.24, 2.45) is 0 Å². The Bertz CT molecular complexity index is 564. The first-order valence-electron chi connectivity index (χ1n) is 7.12. The molecule has 0 aliphatic carbocycles. The summed E-state index contributed by atoms with van der Waals surface area (Å²) < 4.78 is 7.50. The van der Waals surface area contributed by atoms with Gasteiger partial charge in [0.1, 0.15) is 12.3 Å². The SMILES string of the molecule is CC(C)N(CCOc1nn2ccccc2c1N)C(C)C.Cl.Cl. The van der Waals surface area contributed by atoms with Crippen LogP contribution in [0, 0.1) is 0 Å². The Balaban J connectivity index is 0.00000220. The molecule has 0 fully saturated rings. The van der Waals surface area contributed by atoms with Gasteiger partial charge in [0.05, 0.1) is 5.52 Å². The number of halogens is 2. The van der Waals surface area contributed by atoms with Crippen LogP contribution in [0.5, 0.6) is 5.88 Å². The summed E-state index contributed by atoms with van der Waals surface area (Å²) in [5, 5.41) is 4.35. The van der Waals surface area contributed by atoms with E-state index in [2.05, 4.69) is 37.7 Å². The molecule has 0 amide bonds. The summed E-state index contributed by atoms with van der Waals surface area (Å²) in [7, 11) is 0. The molecule has 0 unspecified atom stereocenters. The van der Waals surface area contributed by atoms with Crippen LogP contribution in [0.1, 0.15) is 27.7 Å². The van der Waals surface area contributed by atoms with Crippen LogP contribution in [0.3, 0.4) is 0 Å². The third-order valence-electron chi connectivity index (χ3n) is 3.46. The first-order chi connectivity index (χ1) is 9.50. The Morgan fingerprint density at radius 2 is 1.82 bits per heavy atom. The van der Waals surface area contributed by atoms with E-state index in [1.54, 1.807) is 4.52 Å². The highest BCUT2D eigenvalue weighted by Crippen LogP contribution is 2.24. The van der Waals surface area contributed by atoms with E-state index in [-0.39, 0.29) is 24.8 Å². The molecule has 0 saturated carbocycles. The number of nitrogen functional groups attached to an aromatic ring is 1. The number of rotatable bonds is 6. The van der Waals surface area contributed by atoms with Crippen molar-refractivity contribution in [1.29, 1.82) is 0 Å². The molecule has 2 rings (SSSR count). The summed E-state index contributed by atoms with van der Waals surface area (Å²) in [4.78, 5) is 2.38. The first-order valence-corrected chi connectivity index (χ1v) is 7.12. The summed E-state index contributed by atoms with van der Waals surface area (Å²) >= 11 is 0. The maximum atomic E-state index is 6.05. The number of hydrogen-bond acceptors (Lipinski definition) is 4. The van der Waals surface area contributed by atoms with Gasteiger partial charge in [0.2, 0.25) is 0 Å². The maximum Gasteiger partial charge on any atom is 0.257 e. The Morgan fingerprint density at radius 3 is 2.36 bits per heavy atom. The first kappa shape index (κ1) is 20.8. The fourth-order valence-electron chi connectivity index (χ4n) is 2.46. The molecule has 0 aromatic carbocycles. The van der Waals surface area contributed by atoms with Crippen LogP contribution in [-0.4, -0.2) is 39.7 Å². The summed E-state index contributed by atoms with van der Waals surface area (Å²) in [5.74, 6) is 0.517. The predicted molar refractivity (Wildman–Crippen MR) is 96.6 cm³/mol. The maximum absolute atomic E-state index is 6.05. The van der Waals surface area contributed by atoms with Crippen LogP contribution in [0.4, 0.5) is 5.69 Å². The lowest BCUT2D eigenvalue weighted by atomic mass is 10.2. The molecule has 7 heteroatoms. The Morgan fingerprint density at radius 1 is 1.18 bits per heavy atom. The minimum Gasteiger partial charge on any atom is -0.474 e. The van der Waals surface area contributed by atoms with Crippen LogP contribution >= 0.6 is 24.8 Å². The Labute approximate surface area is 144 Å². The monoisotopic (exact) mass is 348 g/mol. The molecule has 0 spiro atoms. The van der Waals surface area contributed by atoms with Crippen LogP contribution in [0.15, 0.2) is 24.4 Å². The summed E-state index contributed by atoms with van der Waals surface area (Å²) in [6.45, 7) is 10.2. The number of hydrogen-bond donors (Lipinski definition) is 1. The van der Waals surface area contributed by atoms with Crippen LogP contribution in [-0.2, 0) is 0 Å². The fraction of sp³-hybridized carbons (Fsp3) is 0.533. The Hall–Kier alpha value is -1.17. The number of nitrogens with two attached hydrogens (primary N) is 1. The van der Waals surface area contributed by atoms with Gasteiger partial charge in [0.25, 0.3) is 5.88 Å². The van der Waals surface area contributed by atoms with Crippen LogP contribution in [0.25, 0.3) is 5.52 Å². The average molecular weight is 349 g/mol. The van der Waals surface area contributed by atoms with E-state index in [4.69, 9.17) is 10.5 Å². The Kier molecular flexibility index (Phi) is 8.60. The van der Waals surface area contributed by atoms with Crippen molar-refractivity contribution < 1.29 is 4.74 Å². The smallest absolute Gasteiger partial charge is 0.257 e. The lowest BCUT2D eigenvalue weighted by Gasteiger charge is -2.30. The van der Waals surface area contributed by atoms with E-state index < -0.39 is 0 Å². The number of aromatic nitrogens is 2. The van der Waals surface area contributed by atoms with Gasteiger partial charge in [0.15, 0.2) is 0 Å². The normalized spacial score (nSPS) is 10.9. The average Bonchev–Trinajstić information content (AvgIpc) is 2.71. The van der Waals surface area contributed by atoms with E-state index in [0.29, 0.717) is 30.3 Å². The summed E-state index contributed by atoms with van der Waals surface area (Å²) in [6.07, 6.45) is 1.87. The number of anilines is 1. The second kappa shape index (κ2) is 9.08. The molecule has 0 atom stereocenters. The molecule has 0 bridgehead atoms. The third-order valence-corrected chi connectivity index (χ3v) is 3.46. The van der Waals surface area contributed by atoms with E-state index >= 15 is 0 Å². The molecule has 2 N–H and O–H groups in total. The van der Waals surface area contributed by atoms with Gasteiger partial charge in [-0.1, -0.05) is 6.07 Å². The van der Waals surface area contributed by atoms with Gasteiger partial charge in [-0.3, -0.25) is 4.90 Å². The van der Waals surface area contributed by atoms with E-state index in [1.807, 2.05) is 24.4 Å². The van der Waals surface area contributed by atoms with Crippen molar-refractivity contribution in [1.82, 2.24) is 14.5 Å². The molecule has 0 aliphatic heterocycles. The van der Waals surface area contributed by atoms with Gasteiger partial charge in [0, 0.05) is 24.8 Å². The standard InChI is InChI=1S/C15H24N4O.2ClH/c1-11(2)18(12(3)4)9-10-20-15-14(16)13-7-5-6-8-19(13)17-15;;/h5-8,11-12H,9-10,16H2,1-4H3;2*1H. The van der Waals surface area contributed by atoms with Gasteiger partial charge in [-0.25, -0.2) is 4.52 Å². The zero-order valence-corrected chi connectivity index (χ0v) is 15.2. The van der Waals surface area contributed by atoms with Crippen LogP contribution < -0.4 is 10.5 Å². The summed E-state index contributed by atoms with van der Waals surface area (Å²) in [5.41, 5.74) is 7.54. The van der Waals surface area contributed by atoms with Crippen molar-refractivity contribution in [3.63, 3.8) is 0 Å². The van der Waals surface area contributed by atoms with E-state index in [9.17, 15) is 0 Å².